The Morgan fingerprint density at radius 3 is 2.86 bits per heavy atom. The van der Waals surface area contributed by atoms with Crippen LogP contribution in [0.15, 0.2) is 47.5 Å². The van der Waals surface area contributed by atoms with Gasteiger partial charge in [-0.25, -0.2) is 9.98 Å². The minimum absolute atomic E-state index is 0.273. The van der Waals surface area contributed by atoms with Gasteiger partial charge in [0.2, 0.25) is 12.7 Å². The van der Waals surface area contributed by atoms with E-state index in [9.17, 15) is 0 Å². The zero-order valence-corrected chi connectivity index (χ0v) is 15.6. The molecule has 0 amide bonds. The van der Waals surface area contributed by atoms with Crippen LogP contribution in [-0.4, -0.2) is 55.4 Å². The number of hydrogen-bond donors (Lipinski definition) is 1. The molecule has 1 N–H and O–H groups in total. The van der Waals surface area contributed by atoms with Crippen molar-refractivity contribution >= 4 is 23.2 Å². The van der Waals surface area contributed by atoms with Crippen molar-refractivity contribution in [2.45, 2.75) is 6.54 Å². The van der Waals surface area contributed by atoms with Gasteiger partial charge in [-0.3, -0.25) is 0 Å². The number of para-hydroxylation sites is 2. The molecule has 5 rings (SSSR count). The van der Waals surface area contributed by atoms with E-state index in [0.29, 0.717) is 0 Å². The summed E-state index contributed by atoms with van der Waals surface area (Å²) in [5.74, 6) is 2.26. The maximum absolute atomic E-state index is 5.47. The first-order valence-electron chi connectivity index (χ1n) is 9.67. The maximum atomic E-state index is 5.47. The third kappa shape index (κ3) is 3.46. The molecule has 0 spiro atoms. The summed E-state index contributed by atoms with van der Waals surface area (Å²) in [5.41, 5.74) is 3.05. The second-order valence-electron chi connectivity index (χ2n) is 7.04. The average Bonchev–Trinajstić information content (AvgIpc) is 3.35. The predicted octanol–water partition coefficient (Wildman–Crippen LogP) is 1.43. The number of nitrogens with one attached hydrogen (secondary N) is 1. The van der Waals surface area contributed by atoms with Crippen molar-refractivity contribution in [3.63, 3.8) is 0 Å². The monoisotopic (exact) mass is 379 g/mol. The van der Waals surface area contributed by atoms with Gasteiger partial charge in [0.25, 0.3) is 0 Å². The molecule has 1 fully saturated rings. The fraction of sp³-hybridized carbons (Fsp3) is 0.333. The largest absolute Gasteiger partial charge is 0.454 e. The molecule has 0 aliphatic carbocycles. The molecule has 7 heteroatoms. The third-order valence-electron chi connectivity index (χ3n) is 5.25. The average molecular weight is 379 g/mol. The lowest BCUT2D eigenvalue weighted by atomic mass is 10.2. The van der Waals surface area contributed by atoms with Crippen molar-refractivity contribution in [3.8, 4) is 11.5 Å². The van der Waals surface area contributed by atoms with Gasteiger partial charge in [-0.1, -0.05) is 12.1 Å². The number of hydrogen-bond acceptors (Lipinski definition) is 5. The zero-order valence-electron chi connectivity index (χ0n) is 15.6. The normalized spacial score (nSPS) is 17.0. The maximum Gasteiger partial charge on any atom is 0.231 e. The summed E-state index contributed by atoms with van der Waals surface area (Å²) in [6.45, 7) is 5.99. The summed E-state index contributed by atoms with van der Waals surface area (Å²) in [6, 6.07) is 14.0. The molecule has 0 unspecified atom stereocenters. The van der Waals surface area contributed by atoms with E-state index in [1.807, 2.05) is 42.6 Å². The van der Waals surface area contributed by atoms with E-state index < -0.39 is 0 Å². The summed E-state index contributed by atoms with van der Waals surface area (Å²) >= 11 is 0. The molecule has 28 heavy (non-hydrogen) atoms. The molecule has 1 saturated heterocycles. The van der Waals surface area contributed by atoms with Crippen molar-refractivity contribution in [2.75, 3.05) is 39.6 Å². The van der Waals surface area contributed by atoms with Crippen molar-refractivity contribution in [1.29, 1.82) is 0 Å². The highest BCUT2D eigenvalue weighted by atomic mass is 16.7. The van der Waals surface area contributed by atoms with Crippen LogP contribution in [0.1, 0.15) is 5.56 Å². The van der Waals surface area contributed by atoms with E-state index in [4.69, 9.17) is 24.2 Å². The minimum Gasteiger partial charge on any atom is -0.454 e. The topological polar surface area (TPSA) is 62.3 Å². The van der Waals surface area contributed by atoms with Gasteiger partial charge in [-0.05, 0) is 35.9 Å². The van der Waals surface area contributed by atoms with Gasteiger partial charge in [0.05, 0.1) is 37.3 Å². The lowest BCUT2D eigenvalue weighted by molar-refractivity contribution is -0.908. The van der Waals surface area contributed by atoms with Crippen LogP contribution in [0.5, 0.6) is 11.5 Å². The van der Waals surface area contributed by atoms with Crippen molar-refractivity contribution in [1.82, 2.24) is 9.55 Å². The molecule has 0 radical (unpaired) electrons. The van der Waals surface area contributed by atoms with Crippen LogP contribution < -0.4 is 14.4 Å². The number of rotatable bonds is 5. The Bertz CT molecular complexity index is 1010. The highest BCUT2D eigenvalue weighted by Crippen LogP contribution is 2.32. The lowest BCUT2D eigenvalue weighted by Gasteiger charge is -2.24. The molecule has 2 aliphatic rings. The number of morpholine rings is 1. The van der Waals surface area contributed by atoms with Crippen LogP contribution >= 0.6 is 0 Å². The van der Waals surface area contributed by atoms with Crippen molar-refractivity contribution in [2.24, 2.45) is 4.99 Å². The number of benzene rings is 2. The van der Waals surface area contributed by atoms with Crippen molar-refractivity contribution < 1.29 is 19.1 Å². The quantitative estimate of drug-likeness (QED) is 0.682. The predicted molar refractivity (Wildman–Crippen MR) is 106 cm³/mol. The van der Waals surface area contributed by atoms with Crippen LogP contribution in [0.25, 0.3) is 11.0 Å². The third-order valence-corrected chi connectivity index (χ3v) is 5.25. The molecule has 3 heterocycles. The van der Waals surface area contributed by atoms with E-state index in [-0.39, 0.29) is 6.79 Å². The molecule has 144 valence electrons. The second kappa shape index (κ2) is 7.61. The number of nitrogens with zero attached hydrogens (tertiary/aromatic N) is 3. The molecular weight excluding hydrogens is 356 g/mol. The molecule has 0 saturated carbocycles. The number of imidazole rings is 1. The molecule has 3 aromatic rings. The van der Waals surface area contributed by atoms with Gasteiger partial charge in [0, 0.05) is 6.21 Å². The molecule has 2 aliphatic heterocycles. The fourth-order valence-electron chi connectivity index (χ4n) is 3.69. The first-order valence-corrected chi connectivity index (χ1v) is 9.67. The molecule has 7 nitrogen and oxygen atoms in total. The Hall–Kier alpha value is -2.90. The number of fused-ring (bicyclic) bond motifs is 2. The molecule has 0 atom stereocenters. The smallest absolute Gasteiger partial charge is 0.231 e. The van der Waals surface area contributed by atoms with E-state index in [1.54, 1.807) is 4.90 Å². The van der Waals surface area contributed by atoms with Gasteiger partial charge in [0.15, 0.2) is 11.5 Å². The van der Waals surface area contributed by atoms with Gasteiger partial charge in [-0.15, -0.1) is 0 Å². The SMILES string of the molecule is C(=Nc1nc2ccccc2n1CC[NH+]1CCOCC1)c1ccc2c(c1)OCO2. The number of quaternary nitrogens is 1. The number of aliphatic imine (C=N–C) groups is 1. The van der Waals surface area contributed by atoms with Crippen LogP contribution in [0.3, 0.4) is 0 Å². The Morgan fingerprint density at radius 2 is 1.93 bits per heavy atom. The van der Waals surface area contributed by atoms with Crippen LogP contribution in [0.4, 0.5) is 5.95 Å². The lowest BCUT2D eigenvalue weighted by Crippen LogP contribution is -3.14. The Balaban J connectivity index is 1.41. The first-order chi connectivity index (χ1) is 13.9. The van der Waals surface area contributed by atoms with E-state index >= 15 is 0 Å². The summed E-state index contributed by atoms with van der Waals surface area (Å²) in [7, 11) is 0. The summed E-state index contributed by atoms with van der Waals surface area (Å²) in [4.78, 5) is 11.0. The zero-order chi connectivity index (χ0) is 18.8. The van der Waals surface area contributed by atoms with Crippen molar-refractivity contribution in [3.05, 3.63) is 48.0 Å². The van der Waals surface area contributed by atoms with Gasteiger partial charge in [-0.2, -0.15) is 0 Å². The Labute approximate surface area is 163 Å². The number of aromatic nitrogens is 2. The fourth-order valence-corrected chi connectivity index (χ4v) is 3.69. The Kier molecular flexibility index (Phi) is 4.68. The first kappa shape index (κ1) is 17.2. The second-order valence-corrected chi connectivity index (χ2v) is 7.04. The highest BCUT2D eigenvalue weighted by Gasteiger charge is 2.16. The summed E-state index contributed by atoms with van der Waals surface area (Å²) in [5, 5.41) is 0. The standard InChI is InChI=1S/C21H22N4O3/c1-2-4-18-17(3-1)23-21(25(18)8-7-24-9-11-26-12-10-24)22-14-16-5-6-19-20(13-16)28-15-27-19/h1-6,13-14H,7-12,15H2/p+1. The van der Waals surface area contributed by atoms with Crippen LogP contribution in [-0.2, 0) is 11.3 Å². The Morgan fingerprint density at radius 1 is 1.07 bits per heavy atom. The van der Waals surface area contributed by atoms with Gasteiger partial charge >= 0.3 is 0 Å². The van der Waals surface area contributed by atoms with E-state index in [0.717, 1.165) is 73.4 Å². The minimum atomic E-state index is 0.273. The molecule has 0 bridgehead atoms. The molecule has 1 aromatic heterocycles. The van der Waals surface area contributed by atoms with Gasteiger partial charge < -0.3 is 23.7 Å². The summed E-state index contributed by atoms with van der Waals surface area (Å²) in [6.07, 6.45) is 1.83. The van der Waals surface area contributed by atoms with E-state index in [2.05, 4.69) is 10.6 Å². The van der Waals surface area contributed by atoms with Crippen LogP contribution in [0.2, 0.25) is 0 Å². The summed E-state index contributed by atoms with van der Waals surface area (Å²) < 4.78 is 18.5. The molecular formula is C21H23N4O3+. The van der Waals surface area contributed by atoms with Crippen LogP contribution in [0, 0.1) is 0 Å². The number of ether oxygens (including phenoxy) is 3. The van der Waals surface area contributed by atoms with E-state index in [1.165, 1.54) is 0 Å². The molecule has 2 aromatic carbocycles. The highest BCUT2D eigenvalue weighted by molar-refractivity contribution is 5.84. The van der Waals surface area contributed by atoms with Gasteiger partial charge in [0.1, 0.15) is 13.1 Å².